The molecule has 1 aromatic heterocycles. The predicted octanol–water partition coefficient (Wildman–Crippen LogP) is 4.13. The Hall–Kier alpha value is -1.95. The smallest absolute Gasteiger partial charge is 0.416 e. The van der Waals surface area contributed by atoms with Crippen LogP contribution in [0.15, 0.2) is 36.5 Å². The van der Waals surface area contributed by atoms with Gasteiger partial charge in [0, 0.05) is 6.20 Å². The lowest BCUT2D eigenvalue weighted by molar-refractivity contribution is -0.137. The van der Waals surface area contributed by atoms with Gasteiger partial charge in [0.1, 0.15) is 5.75 Å². The van der Waals surface area contributed by atoms with Crippen LogP contribution < -0.4 is 10.5 Å². The molecule has 0 radical (unpaired) electrons. The minimum Gasteiger partial charge on any atom is -0.437 e. The molecular weight excluding hydrogens is 281 g/mol. The van der Waals surface area contributed by atoms with Crippen LogP contribution in [0.4, 0.5) is 18.9 Å². The number of pyridine rings is 1. The van der Waals surface area contributed by atoms with Crippen molar-refractivity contribution in [1.82, 2.24) is 4.98 Å². The van der Waals surface area contributed by atoms with Crippen molar-refractivity contribution in [2.75, 3.05) is 5.73 Å². The monoisotopic (exact) mass is 288 g/mol. The van der Waals surface area contributed by atoms with Crippen LogP contribution in [0.3, 0.4) is 0 Å². The first-order chi connectivity index (χ1) is 8.86. The van der Waals surface area contributed by atoms with Crippen LogP contribution in [0.25, 0.3) is 0 Å². The molecule has 0 aliphatic rings. The van der Waals surface area contributed by atoms with Crippen molar-refractivity contribution in [3.8, 4) is 11.6 Å². The lowest BCUT2D eigenvalue weighted by Crippen LogP contribution is -2.04. The van der Waals surface area contributed by atoms with Gasteiger partial charge in [0.25, 0.3) is 0 Å². The summed E-state index contributed by atoms with van der Waals surface area (Å²) in [6, 6.07) is 5.84. The van der Waals surface area contributed by atoms with Crippen LogP contribution in [-0.4, -0.2) is 4.98 Å². The summed E-state index contributed by atoms with van der Waals surface area (Å²) in [5.41, 5.74) is 4.93. The zero-order chi connectivity index (χ0) is 14.0. The number of anilines is 1. The lowest BCUT2D eigenvalue weighted by atomic mass is 10.2. The number of nitrogens with two attached hydrogens (primary N) is 1. The molecule has 0 spiro atoms. The van der Waals surface area contributed by atoms with Gasteiger partial charge in [-0.05, 0) is 24.3 Å². The number of hydrogen-bond acceptors (Lipinski definition) is 3. The van der Waals surface area contributed by atoms with Crippen LogP contribution >= 0.6 is 11.6 Å². The summed E-state index contributed by atoms with van der Waals surface area (Å²) in [7, 11) is 0. The summed E-state index contributed by atoms with van der Waals surface area (Å²) in [5, 5.41) is 0.314. The lowest BCUT2D eigenvalue weighted by Gasteiger charge is -2.10. The topological polar surface area (TPSA) is 48.1 Å². The highest BCUT2D eigenvalue weighted by Crippen LogP contribution is 2.33. The van der Waals surface area contributed by atoms with E-state index in [-0.39, 0.29) is 17.3 Å². The number of hydrogen-bond donors (Lipinski definition) is 1. The van der Waals surface area contributed by atoms with Gasteiger partial charge in [0.15, 0.2) is 0 Å². The van der Waals surface area contributed by atoms with E-state index in [0.717, 1.165) is 12.1 Å². The molecule has 0 fully saturated rings. The molecular formula is C12H8ClF3N2O. The van der Waals surface area contributed by atoms with Gasteiger partial charge >= 0.3 is 6.18 Å². The molecule has 100 valence electrons. The normalized spacial score (nSPS) is 11.4. The molecule has 0 atom stereocenters. The van der Waals surface area contributed by atoms with Gasteiger partial charge < -0.3 is 10.5 Å². The van der Waals surface area contributed by atoms with E-state index in [1.165, 1.54) is 24.4 Å². The molecule has 0 unspecified atom stereocenters. The Labute approximate surface area is 111 Å². The average molecular weight is 289 g/mol. The van der Waals surface area contributed by atoms with Crippen molar-refractivity contribution in [1.29, 1.82) is 0 Å². The van der Waals surface area contributed by atoms with E-state index in [9.17, 15) is 13.2 Å². The molecule has 3 nitrogen and oxygen atoms in total. The highest BCUT2D eigenvalue weighted by atomic mass is 35.5. The second-order valence-corrected chi connectivity index (χ2v) is 4.11. The molecule has 0 amide bonds. The first-order valence-corrected chi connectivity index (χ1v) is 5.50. The molecule has 1 aromatic carbocycles. The predicted molar refractivity (Wildman–Crippen MR) is 65.2 cm³/mol. The van der Waals surface area contributed by atoms with Crippen LogP contribution in [0.2, 0.25) is 5.02 Å². The fourth-order valence-corrected chi connectivity index (χ4v) is 1.54. The van der Waals surface area contributed by atoms with Crippen molar-refractivity contribution in [3.63, 3.8) is 0 Å². The van der Waals surface area contributed by atoms with Gasteiger partial charge in [-0.2, -0.15) is 13.2 Å². The van der Waals surface area contributed by atoms with Gasteiger partial charge in [-0.25, -0.2) is 4.98 Å². The number of rotatable bonds is 2. The zero-order valence-corrected chi connectivity index (χ0v) is 10.2. The molecule has 2 aromatic rings. The van der Waals surface area contributed by atoms with Crippen molar-refractivity contribution in [3.05, 3.63) is 47.1 Å². The molecule has 0 aliphatic heterocycles. The van der Waals surface area contributed by atoms with Gasteiger partial charge in [-0.1, -0.05) is 17.7 Å². The summed E-state index contributed by atoms with van der Waals surface area (Å²) in [4.78, 5) is 3.80. The number of benzene rings is 1. The van der Waals surface area contributed by atoms with E-state index in [2.05, 4.69) is 4.98 Å². The number of alkyl halides is 3. The van der Waals surface area contributed by atoms with Crippen LogP contribution in [0.5, 0.6) is 11.6 Å². The number of nitrogens with zero attached hydrogens (tertiary/aromatic N) is 1. The summed E-state index contributed by atoms with van der Waals surface area (Å²) < 4.78 is 42.8. The molecule has 1 heterocycles. The second kappa shape index (κ2) is 4.97. The van der Waals surface area contributed by atoms with E-state index in [1.54, 1.807) is 0 Å². The minimum atomic E-state index is -4.43. The van der Waals surface area contributed by atoms with E-state index >= 15 is 0 Å². The fraction of sp³-hybridized carbons (Fsp3) is 0.0833. The zero-order valence-electron chi connectivity index (χ0n) is 9.41. The van der Waals surface area contributed by atoms with E-state index in [1.807, 2.05) is 0 Å². The molecule has 0 saturated carbocycles. The maximum Gasteiger partial charge on any atom is 0.416 e. The van der Waals surface area contributed by atoms with E-state index in [0.29, 0.717) is 5.02 Å². The summed E-state index contributed by atoms with van der Waals surface area (Å²) in [6.07, 6.45) is -3.14. The molecule has 19 heavy (non-hydrogen) atoms. The summed E-state index contributed by atoms with van der Waals surface area (Å²) in [5.74, 6) is 0.0000666. The SMILES string of the molecule is Nc1cc(Cl)cnc1Oc1cccc(C(F)(F)F)c1. The molecule has 0 saturated heterocycles. The molecule has 7 heteroatoms. The first-order valence-electron chi connectivity index (χ1n) is 5.12. The molecule has 0 aliphatic carbocycles. The molecule has 0 bridgehead atoms. The minimum absolute atomic E-state index is 0.00338. The number of aromatic nitrogens is 1. The third-order valence-electron chi connectivity index (χ3n) is 2.22. The quantitative estimate of drug-likeness (QED) is 0.904. The fourth-order valence-electron chi connectivity index (χ4n) is 1.38. The highest BCUT2D eigenvalue weighted by molar-refractivity contribution is 6.30. The second-order valence-electron chi connectivity index (χ2n) is 3.68. The van der Waals surface area contributed by atoms with Crippen molar-refractivity contribution in [2.45, 2.75) is 6.18 Å². The third kappa shape index (κ3) is 3.29. The summed E-state index contributed by atoms with van der Waals surface area (Å²) in [6.45, 7) is 0. The Bertz CT molecular complexity index is 602. The Morgan fingerprint density at radius 1 is 1.21 bits per heavy atom. The third-order valence-corrected chi connectivity index (χ3v) is 2.43. The summed E-state index contributed by atoms with van der Waals surface area (Å²) >= 11 is 5.66. The maximum atomic E-state index is 12.5. The van der Waals surface area contributed by atoms with Gasteiger partial charge in [0.2, 0.25) is 5.88 Å². The van der Waals surface area contributed by atoms with Gasteiger partial charge in [0.05, 0.1) is 16.3 Å². The Morgan fingerprint density at radius 3 is 2.58 bits per heavy atom. The standard InChI is InChI=1S/C12H8ClF3N2O/c13-8-5-10(17)11(18-6-8)19-9-3-1-2-7(4-9)12(14,15)16/h1-6H,17H2. The van der Waals surface area contributed by atoms with Gasteiger partial charge in [-0.15, -0.1) is 0 Å². The van der Waals surface area contributed by atoms with Crippen LogP contribution in [0.1, 0.15) is 5.56 Å². The Balaban J connectivity index is 2.29. The van der Waals surface area contributed by atoms with E-state index in [4.69, 9.17) is 22.1 Å². The average Bonchev–Trinajstić information content (AvgIpc) is 2.32. The van der Waals surface area contributed by atoms with Crippen LogP contribution in [-0.2, 0) is 6.18 Å². The maximum absolute atomic E-state index is 12.5. The van der Waals surface area contributed by atoms with Crippen molar-refractivity contribution >= 4 is 17.3 Å². The molecule has 2 N–H and O–H groups in total. The Morgan fingerprint density at radius 2 is 1.95 bits per heavy atom. The van der Waals surface area contributed by atoms with E-state index < -0.39 is 11.7 Å². The number of ether oxygens (including phenoxy) is 1. The number of nitrogen functional groups attached to an aromatic ring is 1. The number of halogens is 4. The van der Waals surface area contributed by atoms with Gasteiger partial charge in [-0.3, -0.25) is 0 Å². The van der Waals surface area contributed by atoms with Crippen molar-refractivity contribution in [2.24, 2.45) is 0 Å². The first kappa shape index (κ1) is 13.5. The largest absolute Gasteiger partial charge is 0.437 e. The van der Waals surface area contributed by atoms with Crippen LogP contribution in [0, 0.1) is 0 Å². The highest BCUT2D eigenvalue weighted by Gasteiger charge is 2.30. The Kier molecular flexibility index (Phi) is 3.53. The van der Waals surface area contributed by atoms with Crippen molar-refractivity contribution < 1.29 is 17.9 Å². The molecule has 2 rings (SSSR count).